The fourth-order valence-electron chi connectivity index (χ4n) is 2.72. The molecule has 0 unspecified atom stereocenters. The Morgan fingerprint density at radius 3 is 2.48 bits per heavy atom. The van der Waals surface area contributed by atoms with Crippen LogP contribution in [0.25, 0.3) is 0 Å². The molecular weight excluding hydrogens is 320 g/mol. The normalized spacial score (nSPS) is 14.8. The van der Waals surface area contributed by atoms with Crippen LogP contribution in [0, 0.1) is 6.92 Å². The van der Waals surface area contributed by atoms with E-state index < -0.39 is 0 Å². The quantitative estimate of drug-likeness (QED) is 0.736. The van der Waals surface area contributed by atoms with Gasteiger partial charge >= 0.3 is 0 Å². The molecule has 1 fully saturated rings. The van der Waals surface area contributed by atoms with Crippen LogP contribution in [0.3, 0.4) is 0 Å². The Morgan fingerprint density at radius 1 is 1.20 bits per heavy atom. The molecule has 1 N–H and O–H groups in total. The predicted molar refractivity (Wildman–Crippen MR) is 96.7 cm³/mol. The summed E-state index contributed by atoms with van der Waals surface area (Å²) in [6.45, 7) is 7.64. The lowest BCUT2D eigenvalue weighted by Gasteiger charge is -2.34. The number of aryl methyl sites for hydroxylation is 1. The molecule has 1 saturated heterocycles. The maximum atomic E-state index is 12.3. The summed E-state index contributed by atoms with van der Waals surface area (Å²) < 4.78 is 0. The van der Waals surface area contributed by atoms with Gasteiger partial charge in [0.1, 0.15) is 5.69 Å². The van der Waals surface area contributed by atoms with Gasteiger partial charge in [0.15, 0.2) is 0 Å². The van der Waals surface area contributed by atoms with Crippen LogP contribution in [0.2, 0.25) is 0 Å². The predicted octanol–water partition coefficient (Wildman–Crippen LogP) is 0.135. The minimum Gasteiger partial charge on any atom is -0.351 e. The number of carbonyl (C=O) groups is 2. The lowest BCUT2D eigenvalue weighted by Crippen LogP contribution is -2.48. The van der Waals surface area contributed by atoms with Gasteiger partial charge in [-0.3, -0.25) is 9.59 Å². The number of nitrogens with zero attached hydrogens (tertiary/aromatic N) is 5. The van der Waals surface area contributed by atoms with Crippen LogP contribution in [0.15, 0.2) is 6.07 Å². The van der Waals surface area contributed by atoms with E-state index in [0.29, 0.717) is 44.4 Å². The van der Waals surface area contributed by atoms with Crippen molar-refractivity contribution in [2.45, 2.75) is 20.3 Å². The standard InChI is InChI=1S/C17H28N6O2/c1-13-12-15(16(25)18-6-5-7-21(3)4)20-17(19-13)23-10-8-22(9-11-23)14(2)24/h12H,5-11H2,1-4H3,(H,18,25). The van der Waals surface area contributed by atoms with E-state index in [-0.39, 0.29) is 11.8 Å². The van der Waals surface area contributed by atoms with Gasteiger partial charge in [-0.2, -0.15) is 0 Å². The molecule has 8 heteroatoms. The summed E-state index contributed by atoms with van der Waals surface area (Å²) in [5.74, 6) is 0.470. The summed E-state index contributed by atoms with van der Waals surface area (Å²) in [4.78, 5) is 38.6. The van der Waals surface area contributed by atoms with Crippen molar-refractivity contribution in [3.8, 4) is 0 Å². The third kappa shape index (κ3) is 5.67. The number of rotatable bonds is 6. The Kier molecular flexibility index (Phi) is 6.69. The van der Waals surface area contributed by atoms with E-state index in [1.54, 1.807) is 13.0 Å². The van der Waals surface area contributed by atoms with Gasteiger partial charge in [-0.1, -0.05) is 0 Å². The third-order valence-corrected chi connectivity index (χ3v) is 4.15. The fourth-order valence-corrected chi connectivity index (χ4v) is 2.72. The minimum atomic E-state index is -0.173. The Labute approximate surface area is 149 Å². The highest BCUT2D eigenvalue weighted by molar-refractivity contribution is 5.92. The van der Waals surface area contributed by atoms with Gasteiger partial charge in [0.25, 0.3) is 5.91 Å². The Hall–Kier alpha value is -2.22. The second kappa shape index (κ2) is 8.75. The van der Waals surface area contributed by atoms with Crippen LogP contribution in [0.5, 0.6) is 0 Å². The largest absolute Gasteiger partial charge is 0.351 e. The van der Waals surface area contributed by atoms with Crippen LogP contribution in [0.4, 0.5) is 5.95 Å². The highest BCUT2D eigenvalue weighted by Crippen LogP contribution is 2.13. The van der Waals surface area contributed by atoms with Crippen LogP contribution in [0.1, 0.15) is 29.5 Å². The highest BCUT2D eigenvalue weighted by atomic mass is 16.2. The van der Waals surface area contributed by atoms with Gasteiger partial charge in [0.2, 0.25) is 11.9 Å². The molecule has 0 spiro atoms. The lowest BCUT2D eigenvalue weighted by molar-refractivity contribution is -0.129. The highest BCUT2D eigenvalue weighted by Gasteiger charge is 2.21. The Balaban J connectivity index is 1.98. The molecule has 2 rings (SSSR count). The van der Waals surface area contributed by atoms with Crippen molar-refractivity contribution in [3.63, 3.8) is 0 Å². The molecule has 1 aliphatic rings. The van der Waals surface area contributed by atoms with E-state index >= 15 is 0 Å². The SMILES string of the molecule is CC(=O)N1CCN(c2nc(C)cc(C(=O)NCCCN(C)C)n2)CC1. The summed E-state index contributed by atoms with van der Waals surface area (Å²) in [6.07, 6.45) is 0.892. The zero-order valence-corrected chi connectivity index (χ0v) is 15.6. The number of carbonyl (C=O) groups excluding carboxylic acids is 2. The molecule has 0 aliphatic carbocycles. The average molecular weight is 348 g/mol. The summed E-state index contributed by atoms with van der Waals surface area (Å²) >= 11 is 0. The molecule has 1 aromatic heterocycles. The minimum absolute atomic E-state index is 0.0857. The second-order valence-corrected chi connectivity index (χ2v) is 6.60. The van der Waals surface area contributed by atoms with Crippen molar-refractivity contribution in [1.82, 2.24) is 25.1 Å². The van der Waals surface area contributed by atoms with Gasteiger partial charge in [-0.05, 0) is 40.1 Å². The molecule has 1 aliphatic heterocycles. The summed E-state index contributed by atoms with van der Waals surface area (Å²) in [5.41, 5.74) is 1.15. The summed E-state index contributed by atoms with van der Waals surface area (Å²) in [5, 5.41) is 2.91. The number of amides is 2. The van der Waals surface area contributed by atoms with E-state index in [0.717, 1.165) is 18.7 Å². The molecule has 0 saturated carbocycles. The maximum Gasteiger partial charge on any atom is 0.270 e. The number of aromatic nitrogens is 2. The molecule has 8 nitrogen and oxygen atoms in total. The number of hydrogen-bond acceptors (Lipinski definition) is 6. The van der Waals surface area contributed by atoms with Crippen molar-refractivity contribution in [2.24, 2.45) is 0 Å². The number of anilines is 1. The topological polar surface area (TPSA) is 81.7 Å². The maximum absolute atomic E-state index is 12.3. The number of nitrogens with one attached hydrogen (secondary N) is 1. The zero-order valence-electron chi connectivity index (χ0n) is 15.6. The number of piperazine rings is 1. The van der Waals surface area contributed by atoms with E-state index in [1.807, 2.05) is 30.8 Å². The Bertz CT molecular complexity index is 611. The van der Waals surface area contributed by atoms with Gasteiger partial charge in [0, 0.05) is 45.3 Å². The van der Waals surface area contributed by atoms with Crippen LogP contribution < -0.4 is 10.2 Å². The second-order valence-electron chi connectivity index (χ2n) is 6.60. The van der Waals surface area contributed by atoms with Crippen LogP contribution >= 0.6 is 0 Å². The van der Waals surface area contributed by atoms with Crippen molar-refractivity contribution < 1.29 is 9.59 Å². The van der Waals surface area contributed by atoms with Crippen molar-refractivity contribution in [1.29, 1.82) is 0 Å². The van der Waals surface area contributed by atoms with Gasteiger partial charge in [-0.25, -0.2) is 9.97 Å². The van der Waals surface area contributed by atoms with Gasteiger partial charge in [0.05, 0.1) is 0 Å². The molecule has 1 aromatic rings. The first-order valence-electron chi connectivity index (χ1n) is 8.66. The first kappa shape index (κ1) is 19.1. The fraction of sp³-hybridized carbons (Fsp3) is 0.647. The number of hydrogen-bond donors (Lipinski definition) is 1. The van der Waals surface area contributed by atoms with E-state index in [4.69, 9.17) is 0 Å². The third-order valence-electron chi connectivity index (χ3n) is 4.15. The molecule has 0 bridgehead atoms. The lowest BCUT2D eigenvalue weighted by atomic mass is 10.3. The molecule has 2 amide bonds. The van der Waals surface area contributed by atoms with Gasteiger partial charge in [-0.15, -0.1) is 0 Å². The molecular formula is C17H28N6O2. The summed E-state index contributed by atoms with van der Waals surface area (Å²) in [6, 6.07) is 1.70. The molecule has 0 aromatic carbocycles. The van der Waals surface area contributed by atoms with Crippen molar-refractivity contribution >= 4 is 17.8 Å². The summed E-state index contributed by atoms with van der Waals surface area (Å²) in [7, 11) is 4.02. The van der Waals surface area contributed by atoms with Crippen LogP contribution in [-0.4, -0.2) is 84.9 Å². The van der Waals surface area contributed by atoms with Crippen molar-refractivity contribution in [3.05, 3.63) is 17.5 Å². The van der Waals surface area contributed by atoms with E-state index in [9.17, 15) is 9.59 Å². The first-order valence-corrected chi connectivity index (χ1v) is 8.66. The smallest absolute Gasteiger partial charge is 0.270 e. The molecule has 138 valence electrons. The molecule has 2 heterocycles. The molecule has 0 radical (unpaired) electrons. The van der Waals surface area contributed by atoms with Crippen LogP contribution in [-0.2, 0) is 4.79 Å². The van der Waals surface area contributed by atoms with E-state index in [2.05, 4.69) is 20.2 Å². The zero-order chi connectivity index (χ0) is 18.4. The molecule has 25 heavy (non-hydrogen) atoms. The van der Waals surface area contributed by atoms with E-state index in [1.165, 1.54) is 0 Å². The molecule has 0 atom stereocenters. The van der Waals surface area contributed by atoms with Crippen molar-refractivity contribution in [2.75, 3.05) is 58.3 Å². The first-order chi connectivity index (χ1) is 11.9. The Morgan fingerprint density at radius 2 is 1.88 bits per heavy atom. The average Bonchev–Trinajstić information content (AvgIpc) is 2.58. The van der Waals surface area contributed by atoms with Gasteiger partial charge < -0.3 is 20.0 Å². The monoisotopic (exact) mass is 348 g/mol.